The number of methoxy groups -OCH3 is 1. The maximum atomic E-state index is 6.04. The highest BCUT2D eigenvalue weighted by atomic mass is 79.9. The van der Waals surface area contributed by atoms with E-state index in [2.05, 4.69) is 15.9 Å². The Balaban J connectivity index is 2.56. The van der Waals surface area contributed by atoms with Gasteiger partial charge >= 0.3 is 0 Å². The number of nitrogens with two attached hydrogens (primary N) is 1. The normalized spacial score (nSPS) is 17.2. The molecule has 0 atom stereocenters. The van der Waals surface area contributed by atoms with Gasteiger partial charge in [-0.1, -0.05) is 22.4 Å². The second-order valence-corrected chi connectivity index (χ2v) is 6.31. The van der Waals surface area contributed by atoms with Crippen LogP contribution in [-0.2, 0) is 5.41 Å². The van der Waals surface area contributed by atoms with Crippen LogP contribution in [0.2, 0.25) is 0 Å². The molecule has 0 unspecified atom stereocenters. The van der Waals surface area contributed by atoms with Gasteiger partial charge in [0.15, 0.2) is 11.5 Å². The monoisotopic (exact) mass is 327 g/mol. The zero-order chi connectivity index (χ0) is 14.0. The van der Waals surface area contributed by atoms with Gasteiger partial charge in [-0.05, 0) is 38.8 Å². The zero-order valence-corrected chi connectivity index (χ0v) is 13.4. The zero-order valence-electron chi connectivity index (χ0n) is 11.8. The predicted molar refractivity (Wildman–Crippen MR) is 81.0 cm³/mol. The lowest BCUT2D eigenvalue weighted by Gasteiger charge is -2.43. The summed E-state index contributed by atoms with van der Waals surface area (Å²) in [4.78, 5) is 0. The fourth-order valence-corrected chi connectivity index (χ4v) is 3.44. The molecule has 0 amide bonds. The van der Waals surface area contributed by atoms with Crippen LogP contribution in [0.15, 0.2) is 16.6 Å². The van der Waals surface area contributed by atoms with E-state index in [9.17, 15) is 0 Å². The molecular formula is C15H22BrNO2. The predicted octanol–water partition coefficient (Wildman–Crippen LogP) is 3.63. The molecule has 19 heavy (non-hydrogen) atoms. The molecule has 4 heteroatoms. The molecule has 1 aromatic rings. The third-order valence-corrected chi connectivity index (χ3v) is 4.54. The molecule has 106 valence electrons. The van der Waals surface area contributed by atoms with Crippen molar-refractivity contribution in [2.45, 2.75) is 44.6 Å². The number of rotatable bonds is 5. The summed E-state index contributed by atoms with van der Waals surface area (Å²) in [5.41, 5.74) is 7.26. The second kappa shape index (κ2) is 5.71. The molecule has 1 aromatic carbocycles. The van der Waals surface area contributed by atoms with Gasteiger partial charge in [-0.3, -0.25) is 0 Å². The summed E-state index contributed by atoms with van der Waals surface area (Å²) in [6, 6.07) is 3.96. The molecule has 1 aliphatic rings. The maximum absolute atomic E-state index is 6.04. The van der Waals surface area contributed by atoms with E-state index in [4.69, 9.17) is 15.2 Å². The van der Waals surface area contributed by atoms with Gasteiger partial charge in [-0.15, -0.1) is 0 Å². The van der Waals surface area contributed by atoms with Gasteiger partial charge in [0.05, 0.1) is 13.2 Å². The number of ether oxygens (including phenoxy) is 2. The number of hydrogen-bond acceptors (Lipinski definition) is 3. The van der Waals surface area contributed by atoms with E-state index < -0.39 is 0 Å². The average molecular weight is 328 g/mol. The van der Waals surface area contributed by atoms with Crippen LogP contribution >= 0.6 is 15.9 Å². The Labute approximate surface area is 123 Å². The Bertz CT molecular complexity index is 450. The topological polar surface area (TPSA) is 44.5 Å². The summed E-state index contributed by atoms with van der Waals surface area (Å²) in [5.74, 6) is 1.63. The first-order valence-corrected chi connectivity index (χ1v) is 7.57. The minimum atomic E-state index is 0.0393. The van der Waals surface area contributed by atoms with Crippen LogP contribution in [-0.4, -0.2) is 19.8 Å². The quantitative estimate of drug-likeness (QED) is 0.898. The third kappa shape index (κ3) is 2.61. The highest BCUT2D eigenvalue weighted by Gasteiger charge is 2.42. The van der Waals surface area contributed by atoms with E-state index in [1.165, 1.54) is 12.0 Å². The van der Waals surface area contributed by atoms with Crippen molar-refractivity contribution in [2.24, 2.45) is 5.73 Å². The van der Waals surface area contributed by atoms with E-state index >= 15 is 0 Å². The fraction of sp³-hybridized carbons (Fsp3) is 0.600. The fourth-order valence-electron chi connectivity index (χ4n) is 2.71. The number of hydrogen-bond donors (Lipinski definition) is 1. The molecule has 2 rings (SSSR count). The van der Waals surface area contributed by atoms with Gasteiger partial charge in [0, 0.05) is 22.0 Å². The smallest absolute Gasteiger partial charge is 0.166 e. The van der Waals surface area contributed by atoms with Crippen LogP contribution in [0.1, 0.15) is 38.7 Å². The lowest BCUT2D eigenvalue weighted by Crippen LogP contribution is -2.42. The lowest BCUT2D eigenvalue weighted by atomic mass is 9.64. The van der Waals surface area contributed by atoms with Crippen molar-refractivity contribution < 1.29 is 9.47 Å². The van der Waals surface area contributed by atoms with Gasteiger partial charge in [-0.2, -0.15) is 0 Å². The molecule has 0 spiro atoms. The largest absolute Gasteiger partial charge is 0.493 e. The molecule has 2 N–H and O–H groups in total. The SMILES string of the molecule is COc1ccc(Br)c(C2(CN)CCC2)c1OC(C)C. The molecule has 0 bridgehead atoms. The highest BCUT2D eigenvalue weighted by Crippen LogP contribution is 2.52. The molecule has 0 heterocycles. The van der Waals surface area contributed by atoms with Crippen molar-refractivity contribution >= 4 is 15.9 Å². The Morgan fingerprint density at radius 2 is 2.05 bits per heavy atom. The molecule has 3 nitrogen and oxygen atoms in total. The summed E-state index contributed by atoms with van der Waals surface area (Å²) in [6.07, 6.45) is 3.56. The van der Waals surface area contributed by atoms with Gasteiger partial charge in [0.25, 0.3) is 0 Å². The first-order valence-electron chi connectivity index (χ1n) is 6.78. The minimum Gasteiger partial charge on any atom is -0.493 e. The Kier molecular flexibility index (Phi) is 4.41. The lowest BCUT2D eigenvalue weighted by molar-refractivity contribution is 0.201. The Morgan fingerprint density at radius 1 is 1.37 bits per heavy atom. The molecule has 0 aliphatic heterocycles. The standard InChI is InChI=1S/C15H22BrNO2/c1-10(2)19-14-12(18-3)6-5-11(16)13(14)15(9-17)7-4-8-15/h5-6,10H,4,7-9,17H2,1-3H3. The van der Waals surface area contributed by atoms with Crippen molar-refractivity contribution in [3.05, 3.63) is 22.2 Å². The summed E-state index contributed by atoms with van der Waals surface area (Å²) in [5, 5.41) is 0. The summed E-state index contributed by atoms with van der Waals surface area (Å²) < 4.78 is 12.5. The van der Waals surface area contributed by atoms with Gasteiger partial charge in [0.2, 0.25) is 0 Å². The van der Waals surface area contributed by atoms with E-state index in [-0.39, 0.29) is 11.5 Å². The first kappa shape index (κ1) is 14.7. The van der Waals surface area contributed by atoms with Crippen LogP contribution in [0.3, 0.4) is 0 Å². The van der Waals surface area contributed by atoms with Gasteiger partial charge < -0.3 is 15.2 Å². The summed E-state index contributed by atoms with van der Waals surface area (Å²) in [6.45, 7) is 4.70. The molecular weight excluding hydrogens is 306 g/mol. The van der Waals surface area contributed by atoms with Crippen LogP contribution < -0.4 is 15.2 Å². The van der Waals surface area contributed by atoms with Crippen LogP contribution in [0.4, 0.5) is 0 Å². The number of halogens is 1. The average Bonchev–Trinajstić information content (AvgIpc) is 2.31. The minimum absolute atomic E-state index is 0.0393. The third-order valence-electron chi connectivity index (χ3n) is 3.88. The van der Waals surface area contributed by atoms with Gasteiger partial charge in [-0.25, -0.2) is 0 Å². The number of benzene rings is 1. The Morgan fingerprint density at radius 3 is 2.47 bits per heavy atom. The molecule has 0 radical (unpaired) electrons. The van der Waals surface area contributed by atoms with Crippen LogP contribution in [0, 0.1) is 0 Å². The van der Waals surface area contributed by atoms with Crippen molar-refractivity contribution in [2.75, 3.05) is 13.7 Å². The van der Waals surface area contributed by atoms with Crippen molar-refractivity contribution in [1.82, 2.24) is 0 Å². The van der Waals surface area contributed by atoms with Gasteiger partial charge in [0.1, 0.15) is 0 Å². The van der Waals surface area contributed by atoms with Crippen molar-refractivity contribution in [3.8, 4) is 11.5 Å². The highest BCUT2D eigenvalue weighted by molar-refractivity contribution is 9.10. The van der Waals surface area contributed by atoms with Crippen molar-refractivity contribution in [3.63, 3.8) is 0 Å². The molecule has 0 saturated heterocycles. The van der Waals surface area contributed by atoms with E-state index in [1.54, 1.807) is 7.11 Å². The molecule has 1 saturated carbocycles. The van der Waals surface area contributed by atoms with Crippen molar-refractivity contribution in [1.29, 1.82) is 0 Å². The molecule has 1 aliphatic carbocycles. The van der Waals surface area contributed by atoms with E-state index in [0.717, 1.165) is 28.8 Å². The Hall–Kier alpha value is -0.740. The van der Waals surface area contributed by atoms with E-state index in [1.807, 2.05) is 26.0 Å². The summed E-state index contributed by atoms with van der Waals surface area (Å²) in [7, 11) is 1.68. The summed E-state index contributed by atoms with van der Waals surface area (Å²) >= 11 is 3.66. The van der Waals surface area contributed by atoms with Crippen LogP contribution in [0.25, 0.3) is 0 Å². The molecule has 0 aromatic heterocycles. The van der Waals surface area contributed by atoms with E-state index in [0.29, 0.717) is 6.54 Å². The second-order valence-electron chi connectivity index (χ2n) is 5.46. The molecule has 1 fully saturated rings. The maximum Gasteiger partial charge on any atom is 0.166 e. The first-order chi connectivity index (χ1) is 9.04. The van der Waals surface area contributed by atoms with Crippen LogP contribution in [0.5, 0.6) is 11.5 Å².